The van der Waals surface area contributed by atoms with Gasteiger partial charge in [-0.05, 0) is 17.7 Å². The van der Waals surface area contributed by atoms with Gasteiger partial charge in [0.25, 0.3) is 0 Å². The van der Waals surface area contributed by atoms with Gasteiger partial charge < -0.3 is 10.1 Å². The molecule has 0 spiro atoms. The van der Waals surface area contributed by atoms with E-state index in [1.807, 2.05) is 0 Å². The summed E-state index contributed by atoms with van der Waals surface area (Å²) in [5, 5.41) is 13.0. The Kier molecular flexibility index (Phi) is 2.70. The molecule has 3 N–H and O–H groups in total. The predicted octanol–water partition coefficient (Wildman–Crippen LogP) is 1.68. The number of amidine groups is 1. The molecule has 1 aliphatic heterocycles. The minimum atomic E-state index is -0.462. The van der Waals surface area contributed by atoms with Crippen LogP contribution < -0.4 is 15.4 Å². The molecule has 1 aliphatic rings. The van der Waals surface area contributed by atoms with Crippen molar-refractivity contribution in [1.29, 1.82) is 5.41 Å². The first-order valence-corrected chi connectivity index (χ1v) is 4.99. The van der Waals surface area contributed by atoms with Crippen LogP contribution in [0.25, 0.3) is 0 Å². The normalized spacial score (nSPS) is 19.2. The third kappa shape index (κ3) is 1.81. The van der Waals surface area contributed by atoms with E-state index < -0.39 is 6.04 Å². The van der Waals surface area contributed by atoms with Crippen LogP contribution in [0.3, 0.4) is 0 Å². The van der Waals surface area contributed by atoms with Crippen LogP contribution in [-0.2, 0) is 0 Å². The molecule has 16 heavy (non-hydrogen) atoms. The first kappa shape index (κ1) is 10.8. The third-order valence-electron chi connectivity index (χ3n) is 2.32. The van der Waals surface area contributed by atoms with Gasteiger partial charge in [0.05, 0.1) is 12.1 Å². The number of methoxy groups -OCH3 is 1. The molecule has 1 aromatic carbocycles. The van der Waals surface area contributed by atoms with E-state index in [4.69, 9.17) is 21.7 Å². The molecule has 84 valence electrons. The van der Waals surface area contributed by atoms with Crippen molar-refractivity contribution < 1.29 is 9.53 Å². The van der Waals surface area contributed by atoms with Gasteiger partial charge in [-0.25, -0.2) is 4.79 Å². The summed E-state index contributed by atoms with van der Waals surface area (Å²) in [7, 11) is 1.53. The van der Waals surface area contributed by atoms with Crippen LogP contribution in [0, 0.1) is 5.41 Å². The lowest BCUT2D eigenvalue weighted by atomic mass is 10.1. The summed E-state index contributed by atoms with van der Waals surface area (Å²) >= 11 is 5.96. The second kappa shape index (κ2) is 4.02. The third-order valence-corrected chi connectivity index (χ3v) is 2.62. The number of ether oxygens (including phenoxy) is 1. The Bertz CT molecular complexity index is 461. The largest absolute Gasteiger partial charge is 0.495 e. The molecular formula is C10H10ClN3O2. The van der Waals surface area contributed by atoms with Crippen LogP contribution in [0.5, 0.6) is 5.75 Å². The summed E-state index contributed by atoms with van der Waals surface area (Å²) in [4.78, 5) is 11.0. The molecule has 1 unspecified atom stereocenters. The molecule has 1 fully saturated rings. The Hall–Kier alpha value is -1.75. The van der Waals surface area contributed by atoms with Crippen molar-refractivity contribution in [2.24, 2.45) is 0 Å². The van der Waals surface area contributed by atoms with E-state index in [1.165, 1.54) is 7.11 Å². The molecule has 2 rings (SSSR count). The topological polar surface area (TPSA) is 74.2 Å². The van der Waals surface area contributed by atoms with E-state index in [1.54, 1.807) is 18.2 Å². The van der Waals surface area contributed by atoms with Gasteiger partial charge in [0.1, 0.15) is 17.6 Å². The average Bonchev–Trinajstić information content (AvgIpc) is 2.58. The number of carbonyl (C=O) groups is 1. The van der Waals surface area contributed by atoms with E-state index in [0.29, 0.717) is 10.8 Å². The number of rotatable bonds is 2. The Balaban J connectivity index is 2.31. The van der Waals surface area contributed by atoms with E-state index >= 15 is 0 Å². The number of benzene rings is 1. The molecule has 5 nitrogen and oxygen atoms in total. The van der Waals surface area contributed by atoms with Crippen molar-refractivity contribution in [3.05, 3.63) is 28.8 Å². The number of carbonyl (C=O) groups excluding carboxylic acids is 1. The zero-order valence-electron chi connectivity index (χ0n) is 8.50. The Morgan fingerprint density at radius 2 is 2.25 bits per heavy atom. The average molecular weight is 240 g/mol. The van der Waals surface area contributed by atoms with Crippen LogP contribution in [0.15, 0.2) is 18.2 Å². The van der Waals surface area contributed by atoms with Gasteiger partial charge in [-0.1, -0.05) is 17.7 Å². The Morgan fingerprint density at radius 3 is 2.75 bits per heavy atom. The fraction of sp³-hybridized carbons (Fsp3) is 0.200. The summed E-state index contributed by atoms with van der Waals surface area (Å²) in [6, 6.07) is 4.30. The maximum absolute atomic E-state index is 11.0. The van der Waals surface area contributed by atoms with E-state index in [-0.39, 0.29) is 11.9 Å². The minimum Gasteiger partial charge on any atom is -0.495 e. The van der Waals surface area contributed by atoms with Crippen LogP contribution in [0.1, 0.15) is 11.6 Å². The smallest absolute Gasteiger partial charge is 0.321 e. The fourth-order valence-electron chi connectivity index (χ4n) is 1.55. The summed E-state index contributed by atoms with van der Waals surface area (Å²) < 4.78 is 5.02. The Labute approximate surface area is 97.2 Å². The number of amides is 2. The number of hydrogen-bond donors (Lipinski definition) is 3. The van der Waals surface area contributed by atoms with Gasteiger partial charge in [-0.3, -0.25) is 10.7 Å². The molecule has 1 atom stereocenters. The van der Waals surface area contributed by atoms with E-state index in [0.717, 1.165) is 5.56 Å². The quantitative estimate of drug-likeness (QED) is 0.735. The van der Waals surface area contributed by atoms with Crippen molar-refractivity contribution in [2.75, 3.05) is 7.11 Å². The maximum atomic E-state index is 11.0. The maximum Gasteiger partial charge on any atom is 0.321 e. The van der Waals surface area contributed by atoms with Crippen molar-refractivity contribution in [3.63, 3.8) is 0 Å². The molecule has 1 heterocycles. The molecule has 0 bridgehead atoms. The van der Waals surface area contributed by atoms with E-state index in [9.17, 15) is 4.79 Å². The summed E-state index contributed by atoms with van der Waals surface area (Å²) in [6.45, 7) is 0. The summed E-state index contributed by atoms with van der Waals surface area (Å²) in [5.74, 6) is 0.681. The lowest BCUT2D eigenvalue weighted by molar-refractivity contribution is 0.248. The highest BCUT2D eigenvalue weighted by atomic mass is 35.5. The van der Waals surface area contributed by atoms with Crippen LogP contribution in [0.4, 0.5) is 4.79 Å². The van der Waals surface area contributed by atoms with Gasteiger partial charge >= 0.3 is 6.03 Å². The van der Waals surface area contributed by atoms with Crippen molar-refractivity contribution in [1.82, 2.24) is 10.6 Å². The lowest BCUT2D eigenvalue weighted by Gasteiger charge is -2.11. The van der Waals surface area contributed by atoms with Crippen molar-refractivity contribution in [2.45, 2.75) is 6.04 Å². The molecule has 1 saturated heterocycles. The summed E-state index contributed by atoms with van der Waals surface area (Å²) in [5.41, 5.74) is 0.745. The second-order valence-electron chi connectivity index (χ2n) is 3.34. The van der Waals surface area contributed by atoms with Crippen molar-refractivity contribution in [3.8, 4) is 5.75 Å². The zero-order chi connectivity index (χ0) is 11.7. The first-order chi connectivity index (χ1) is 7.61. The lowest BCUT2D eigenvalue weighted by Crippen LogP contribution is -2.22. The highest BCUT2D eigenvalue weighted by Crippen LogP contribution is 2.28. The van der Waals surface area contributed by atoms with Crippen LogP contribution in [0.2, 0.25) is 5.02 Å². The van der Waals surface area contributed by atoms with Gasteiger partial charge in [0.2, 0.25) is 0 Å². The number of hydrogen-bond acceptors (Lipinski definition) is 3. The standard InChI is InChI=1S/C10H10ClN3O2/c1-16-7-3-2-5(4-6(7)11)8-9(12)14-10(15)13-8/h2-4,8H,1H3,(H3,12,13,14,15). The number of halogens is 1. The van der Waals surface area contributed by atoms with Gasteiger partial charge in [-0.15, -0.1) is 0 Å². The van der Waals surface area contributed by atoms with Crippen molar-refractivity contribution >= 4 is 23.5 Å². The first-order valence-electron chi connectivity index (χ1n) is 4.61. The molecule has 0 saturated carbocycles. The Morgan fingerprint density at radius 1 is 1.50 bits per heavy atom. The monoisotopic (exact) mass is 239 g/mol. The van der Waals surface area contributed by atoms with Gasteiger partial charge in [-0.2, -0.15) is 0 Å². The van der Waals surface area contributed by atoms with Crippen LogP contribution >= 0.6 is 11.6 Å². The molecule has 6 heteroatoms. The molecule has 0 aliphatic carbocycles. The SMILES string of the molecule is COc1ccc(C2NC(=O)NC2=N)cc1Cl. The van der Waals surface area contributed by atoms with Gasteiger partial charge in [0.15, 0.2) is 0 Å². The fourth-order valence-corrected chi connectivity index (χ4v) is 1.81. The second-order valence-corrected chi connectivity index (χ2v) is 3.75. The van der Waals surface area contributed by atoms with Gasteiger partial charge in [0, 0.05) is 0 Å². The zero-order valence-corrected chi connectivity index (χ0v) is 9.26. The van der Waals surface area contributed by atoms with E-state index in [2.05, 4.69) is 10.6 Å². The highest BCUT2D eigenvalue weighted by molar-refractivity contribution is 6.32. The molecular weight excluding hydrogens is 230 g/mol. The number of nitrogens with one attached hydrogen (secondary N) is 3. The molecule has 1 aromatic rings. The van der Waals surface area contributed by atoms with Crippen LogP contribution in [-0.4, -0.2) is 19.0 Å². The predicted molar refractivity (Wildman–Crippen MR) is 60.1 cm³/mol. The molecule has 0 radical (unpaired) electrons. The molecule has 0 aromatic heterocycles. The minimum absolute atomic E-state index is 0.117. The highest BCUT2D eigenvalue weighted by Gasteiger charge is 2.27. The number of urea groups is 1. The summed E-state index contributed by atoms with van der Waals surface area (Å²) in [6.07, 6.45) is 0. The molecule has 2 amide bonds.